The average Bonchev–Trinajstić information content (AvgIpc) is 2.99. The molecule has 3 N–H and O–H groups in total. The summed E-state index contributed by atoms with van der Waals surface area (Å²) in [5, 5.41) is 3.07. The summed E-state index contributed by atoms with van der Waals surface area (Å²) >= 11 is 0. The van der Waals surface area contributed by atoms with Crippen LogP contribution in [-0.2, 0) is 13.0 Å². The van der Waals surface area contributed by atoms with Gasteiger partial charge in [-0.05, 0) is 38.1 Å². The Kier molecular flexibility index (Phi) is 5.51. The third kappa shape index (κ3) is 4.20. The summed E-state index contributed by atoms with van der Waals surface area (Å²) in [5.74, 6) is 2.83. The molecule has 1 heterocycles. The van der Waals surface area contributed by atoms with E-state index in [9.17, 15) is 0 Å². The third-order valence-corrected chi connectivity index (χ3v) is 4.14. The zero-order chi connectivity index (χ0) is 18.5. The molecule has 0 fully saturated rings. The minimum Gasteiger partial charge on any atom is -0.497 e. The van der Waals surface area contributed by atoms with Crippen molar-refractivity contribution >= 4 is 11.6 Å². The molecule has 0 saturated carbocycles. The third-order valence-electron chi connectivity index (χ3n) is 4.14. The highest BCUT2D eigenvalue weighted by Gasteiger charge is 2.21. The van der Waals surface area contributed by atoms with Gasteiger partial charge in [0, 0.05) is 29.3 Å². The fraction of sp³-hybridized carbons (Fsp3) is 0.350. The Morgan fingerprint density at radius 2 is 2.19 bits per heavy atom. The summed E-state index contributed by atoms with van der Waals surface area (Å²) in [6.45, 7) is 5.04. The maximum absolute atomic E-state index is 6.03. The van der Waals surface area contributed by atoms with E-state index in [0.717, 1.165) is 34.9 Å². The lowest BCUT2D eigenvalue weighted by molar-refractivity contribution is 0.254. The first-order valence-corrected chi connectivity index (χ1v) is 8.75. The summed E-state index contributed by atoms with van der Waals surface area (Å²) < 4.78 is 16.8. The van der Waals surface area contributed by atoms with Crippen LogP contribution in [-0.4, -0.2) is 25.8 Å². The number of methoxy groups -OCH3 is 1. The van der Waals surface area contributed by atoms with Gasteiger partial charge in [0.15, 0.2) is 5.96 Å². The van der Waals surface area contributed by atoms with Crippen LogP contribution in [0.1, 0.15) is 25.0 Å². The van der Waals surface area contributed by atoms with Crippen molar-refractivity contribution in [3.63, 3.8) is 0 Å². The lowest BCUT2D eigenvalue weighted by Gasteiger charge is -2.12. The van der Waals surface area contributed by atoms with Crippen LogP contribution in [0.5, 0.6) is 17.2 Å². The van der Waals surface area contributed by atoms with Gasteiger partial charge >= 0.3 is 0 Å². The number of guanidine groups is 1. The molecule has 1 aliphatic heterocycles. The second kappa shape index (κ2) is 7.99. The van der Waals surface area contributed by atoms with Crippen LogP contribution < -0.4 is 25.3 Å². The Bertz CT molecular complexity index is 805. The Morgan fingerprint density at radius 3 is 2.96 bits per heavy atom. The molecule has 3 rings (SSSR count). The minimum absolute atomic E-state index is 0.193. The second-order valence-electron chi connectivity index (χ2n) is 6.19. The van der Waals surface area contributed by atoms with Gasteiger partial charge < -0.3 is 25.3 Å². The van der Waals surface area contributed by atoms with Gasteiger partial charge in [0.25, 0.3) is 0 Å². The molecular weight excluding hydrogens is 330 g/mol. The highest BCUT2D eigenvalue weighted by Crippen LogP contribution is 2.35. The number of aliphatic imine (C=N–C) groups is 1. The van der Waals surface area contributed by atoms with E-state index in [0.29, 0.717) is 19.1 Å². The predicted molar refractivity (Wildman–Crippen MR) is 103 cm³/mol. The summed E-state index contributed by atoms with van der Waals surface area (Å²) in [7, 11) is 1.63. The van der Waals surface area contributed by atoms with Crippen molar-refractivity contribution < 1.29 is 14.2 Å². The SMILES string of the molecule is CCOc1cc2c(cc1CN=C(N)Nc1cccc(OC)c1)OC(C)C2. The van der Waals surface area contributed by atoms with E-state index >= 15 is 0 Å². The molecule has 6 heteroatoms. The normalized spacial score (nSPS) is 16.0. The zero-order valence-electron chi connectivity index (χ0n) is 15.4. The van der Waals surface area contributed by atoms with Gasteiger partial charge in [-0.15, -0.1) is 0 Å². The van der Waals surface area contributed by atoms with Gasteiger partial charge in [-0.2, -0.15) is 0 Å². The van der Waals surface area contributed by atoms with Gasteiger partial charge in [0.1, 0.15) is 23.4 Å². The Morgan fingerprint density at radius 1 is 1.35 bits per heavy atom. The van der Waals surface area contributed by atoms with E-state index in [1.54, 1.807) is 7.11 Å². The molecular formula is C20H25N3O3. The van der Waals surface area contributed by atoms with E-state index in [1.165, 1.54) is 5.56 Å². The Hall–Kier alpha value is -2.89. The molecule has 1 unspecified atom stereocenters. The van der Waals surface area contributed by atoms with Crippen molar-refractivity contribution in [2.45, 2.75) is 32.9 Å². The van der Waals surface area contributed by atoms with Crippen molar-refractivity contribution in [3.8, 4) is 17.2 Å². The van der Waals surface area contributed by atoms with E-state index in [1.807, 2.05) is 37.3 Å². The zero-order valence-corrected chi connectivity index (χ0v) is 15.4. The number of fused-ring (bicyclic) bond motifs is 1. The summed E-state index contributed by atoms with van der Waals surface area (Å²) in [6, 6.07) is 11.6. The minimum atomic E-state index is 0.193. The van der Waals surface area contributed by atoms with Crippen LogP contribution in [0.3, 0.4) is 0 Å². The number of ether oxygens (including phenoxy) is 3. The predicted octanol–water partition coefficient (Wildman–Crippen LogP) is 3.34. The molecule has 138 valence electrons. The fourth-order valence-electron chi connectivity index (χ4n) is 2.95. The number of benzene rings is 2. The lowest BCUT2D eigenvalue weighted by atomic mass is 10.1. The molecule has 6 nitrogen and oxygen atoms in total. The number of nitrogens with one attached hydrogen (secondary N) is 1. The van der Waals surface area contributed by atoms with Crippen molar-refractivity contribution in [1.82, 2.24) is 0 Å². The monoisotopic (exact) mass is 355 g/mol. The molecule has 0 spiro atoms. The quantitative estimate of drug-likeness (QED) is 0.614. The van der Waals surface area contributed by atoms with Gasteiger partial charge in [-0.3, -0.25) is 0 Å². The molecule has 0 bridgehead atoms. The molecule has 1 aliphatic rings. The van der Waals surface area contributed by atoms with Crippen molar-refractivity contribution in [2.24, 2.45) is 10.7 Å². The Labute approximate surface area is 154 Å². The topological polar surface area (TPSA) is 78.1 Å². The van der Waals surface area contributed by atoms with Crippen LogP contribution in [0, 0.1) is 0 Å². The standard InChI is InChI=1S/C20H25N3O3/c1-4-25-18-9-14-8-13(2)26-19(14)10-15(18)12-22-20(21)23-16-6-5-7-17(11-16)24-3/h5-7,9-11,13H,4,8,12H2,1-3H3,(H3,21,22,23). The number of hydrogen-bond acceptors (Lipinski definition) is 4. The highest BCUT2D eigenvalue weighted by molar-refractivity contribution is 5.92. The first-order chi connectivity index (χ1) is 12.6. The highest BCUT2D eigenvalue weighted by atomic mass is 16.5. The lowest BCUT2D eigenvalue weighted by Crippen LogP contribution is -2.22. The Balaban J connectivity index is 1.75. The first kappa shape index (κ1) is 17.9. The van der Waals surface area contributed by atoms with Crippen LogP contribution in [0.2, 0.25) is 0 Å². The van der Waals surface area contributed by atoms with Crippen molar-refractivity contribution in [3.05, 3.63) is 47.5 Å². The van der Waals surface area contributed by atoms with Gasteiger partial charge in [-0.1, -0.05) is 6.07 Å². The van der Waals surface area contributed by atoms with Crippen molar-refractivity contribution in [2.75, 3.05) is 19.0 Å². The summed E-state index contributed by atoms with van der Waals surface area (Å²) in [6.07, 6.45) is 1.09. The number of anilines is 1. The maximum Gasteiger partial charge on any atom is 0.193 e. The van der Waals surface area contributed by atoms with Gasteiger partial charge in [0.2, 0.25) is 0 Å². The number of hydrogen-bond donors (Lipinski definition) is 2. The van der Waals surface area contributed by atoms with Crippen LogP contribution in [0.4, 0.5) is 5.69 Å². The molecule has 1 atom stereocenters. The molecule has 26 heavy (non-hydrogen) atoms. The molecule has 0 aromatic heterocycles. The van der Waals surface area contributed by atoms with Crippen LogP contribution in [0.15, 0.2) is 41.4 Å². The van der Waals surface area contributed by atoms with E-state index in [-0.39, 0.29) is 6.10 Å². The van der Waals surface area contributed by atoms with Gasteiger partial charge in [0.05, 0.1) is 20.3 Å². The molecule has 0 saturated heterocycles. The van der Waals surface area contributed by atoms with E-state index < -0.39 is 0 Å². The number of nitrogens with two attached hydrogens (primary N) is 1. The molecule has 0 amide bonds. The van der Waals surface area contributed by atoms with Crippen LogP contribution in [0.25, 0.3) is 0 Å². The number of rotatable bonds is 6. The number of nitrogens with zero attached hydrogens (tertiary/aromatic N) is 1. The first-order valence-electron chi connectivity index (χ1n) is 8.75. The molecule has 2 aromatic carbocycles. The summed E-state index contributed by atoms with van der Waals surface area (Å²) in [4.78, 5) is 4.44. The smallest absolute Gasteiger partial charge is 0.193 e. The maximum atomic E-state index is 6.03. The van der Waals surface area contributed by atoms with E-state index in [4.69, 9.17) is 19.9 Å². The molecule has 0 radical (unpaired) electrons. The molecule has 2 aromatic rings. The largest absolute Gasteiger partial charge is 0.497 e. The average molecular weight is 355 g/mol. The second-order valence-corrected chi connectivity index (χ2v) is 6.19. The van der Waals surface area contributed by atoms with Crippen LogP contribution >= 0.6 is 0 Å². The summed E-state index contributed by atoms with van der Waals surface area (Å²) in [5.41, 5.74) is 8.98. The van der Waals surface area contributed by atoms with Gasteiger partial charge in [-0.25, -0.2) is 4.99 Å². The van der Waals surface area contributed by atoms with E-state index in [2.05, 4.69) is 23.3 Å². The van der Waals surface area contributed by atoms with Crippen molar-refractivity contribution in [1.29, 1.82) is 0 Å². The molecule has 0 aliphatic carbocycles. The fourth-order valence-corrected chi connectivity index (χ4v) is 2.95.